The monoisotopic (exact) mass is 211 g/mol. The van der Waals surface area contributed by atoms with Crippen LogP contribution in [0.25, 0.3) is 0 Å². The number of halogens is 1. The first-order chi connectivity index (χ1) is 6.93. The first kappa shape index (κ1) is 11.2. The van der Waals surface area contributed by atoms with E-state index in [2.05, 4.69) is 0 Å². The van der Waals surface area contributed by atoms with Crippen LogP contribution in [-0.2, 0) is 4.79 Å². The number of aromatic carboxylic acids is 1. The van der Waals surface area contributed by atoms with Gasteiger partial charge in [0, 0.05) is 14.0 Å². The minimum Gasteiger partial charge on any atom is -0.478 e. The average Bonchev–Trinajstić information content (AvgIpc) is 2.16. The number of anilines is 1. The molecule has 0 bridgehead atoms. The molecule has 1 aromatic rings. The number of carboxylic acid groups (broad SMARTS) is 1. The van der Waals surface area contributed by atoms with Crippen molar-refractivity contribution < 1.29 is 19.1 Å². The molecule has 0 saturated carbocycles. The summed E-state index contributed by atoms with van der Waals surface area (Å²) in [7, 11) is 1.43. The minimum absolute atomic E-state index is 0.177. The lowest BCUT2D eigenvalue weighted by atomic mass is 10.1. The second kappa shape index (κ2) is 4.08. The summed E-state index contributed by atoms with van der Waals surface area (Å²) in [6.45, 7) is 1.30. The average molecular weight is 211 g/mol. The van der Waals surface area contributed by atoms with Crippen LogP contribution in [0.4, 0.5) is 10.1 Å². The van der Waals surface area contributed by atoms with Crippen molar-refractivity contribution in [2.45, 2.75) is 6.92 Å². The summed E-state index contributed by atoms with van der Waals surface area (Å²) < 4.78 is 12.8. The quantitative estimate of drug-likeness (QED) is 0.806. The molecule has 0 heterocycles. The van der Waals surface area contributed by atoms with Crippen LogP contribution in [-0.4, -0.2) is 24.0 Å². The summed E-state index contributed by atoms with van der Waals surface area (Å²) in [5, 5.41) is 8.82. The van der Waals surface area contributed by atoms with Gasteiger partial charge in [-0.15, -0.1) is 0 Å². The van der Waals surface area contributed by atoms with E-state index in [0.29, 0.717) is 0 Å². The van der Waals surface area contributed by atoms with Crippen molar-refractivity contribution in [1.82, 2.24) is 0 Å². The van der Waals surface area contributed by atoms with Crippen molar-refractivity contribution >= 4 is 17.6 Å². The van der Waals surface area contributed by atoms with Crippen LogP contribution in [0, 0.1) is 5.82 Å². The fraction of sp³-hybridized carbons (Fsp3) is 0.200. The van der Waals surface area contributed by atoms with Crippen molar-refractivity contribution in [2.24, 2.45) is 0 Å². The van der Waals surface area contributed by atoms with E-state index < -0.39 is 11.8 Å². The van der Waals surface area contributed by atoms with Crippen LogP contribution in [0.15, 0.2) is 18.2 Å². The van der Waals surface area contributed by atoms with E-state index in [4.69, 9.17) is 5.11 Å². The topological polar surface area (TPSA) is 57.6 Å². The molecule has 4 nitrogen and oxygen atoms in total. The molecule has 1 rings (SSSR count). The number of rotatable bonds is 2. The summed E-state index contributed by atoms with van der Waals surface area (Å²) in [6, 6.07) is 3.26. The van der Waals surface area contributed by atoms with Gasteiger partial charge in [0.1, 0.15) is 5.82 Å². The lowest BCUT2D eigenvalue weighted by molar-refractivity contribution is -0.116. The molecule has 80 valence electrons. The molecule has 1 aromatic carbocycles. The van der Waals surface area contributed by atoms with E-state index in [0.717, 1.165) is 17.0 Å². The number of benzene rings is 1. The van der Waals surface area contributed by atoms with E-state index in [1.165, 1.54) is 20.0 Å². The van der Waals surface area contributed by atoms with Gasteiger partial charge >= 0.3 is 5.97 Å². The molecule has 0 aliphatic rings. The Kier molecular flexibility index (Phi) is 3.04. The zero-order valence-corrected chi connectivity index (χ0v) is 8.32. The van der Waals surface area contributed by atoms with Crippen LogP contribution in [0.3, 0.4) is 0 Å². The lowest BCUT2D eigenvalue weighted by Gasteiger charge is -2.17. The summed E-state index contributed by atoms with van der Waals surface area (Å²) in [4.78, 5) is 23.0. The number of carbonyl (C=O) groups is 2. The SMILES string of the molecule is CC(=O)N(C)c1ccc(F)cc1C(=O)O. The normalized spacial score (nSPS) is 9.80. The molecular formula is C10H10FNO3. The molecule has 15 heavy (non-hydrogen) atoms. The molecule has 0 aromatic heterocycles. The molecule has 0 fully saturated rings. The third-order valence-electron chi connectivity index (χ3n) is 2.02. The Balaban J connectivity index is 3.28. The summed E-state index contributed by atoms with van der Waals surface area (Å²) in [6.07, 6.45) is 0. The maximum absolute atomic E-state index is 12.8. The van der Waals surface area contributed by atoms with Gasteiger partial charge < -0.3 is 10.0 Å². The van der Waals surface area contributed by atoms with Crippen LogP contribution in [0.2, 0.25) is 0 Å². The molecule has 5 heteroatoms. The van der Waals surface area contributed by atoms with E-state index >= 15 is 0 Å². The van der Waals surface area contributed by atoms with Crippen LogP contribution >= 0.6 is 0 Å². The van der Waals surface area contributed by atoms with E-state index in [1.807, 2.05) is 0 Å². The third-order valence-corrected chi connectivity index (χ3v) is 2.02. The van der Waals surface area contributed by atoms with Crippen LogP contribution in [0.5, 0.6) is 0 Å². The number of hydrogen-bond acceptors (Lipinski definition) is 2. The molecule has 0 aliphatic heterocycles. The van der Waals surface area contributed by atoms with Gasteiger partial charge in [-0.25, -0.2) is 9.18 Å². The molecular weight excluding hydrogens is 201 g/mol. The largest absolute Gasteiger partial charge is 0.478 e. The molecule has 0 saturated heterocycles. The summed E-state index contributed by atoms with van der Waals surface area (Å²) >= 11 is 0. The first-order valence-corrected chi connectivity index (χ1v) is 4.20. The highest BCUT2D eigenvalue weighted by molar-refractivity contribution is 6.00. The maximum atomic E-state index is 12.8. The predicted molar refractivity (Wildman–Crippen MR) is 52.4 cm³/mol. The number of hydrogen-bond donors (Lipinski definition) is 1. The van der Waals surface area contributed by atoms with Crippen molar-refractivity contribution in [2.75, 3.05) is 11.9 Å². The first-order valence-electron chi connectivity index (χ1n) is 4.20. The Morgan fingerprint density at radius 2 is 2.00 bits per heavy atom. The predicted octanol–water partition coefficient (Wildman–Crippen LogP) is 1.51. The summed E-state index contributed by atoms with van der Waals surface area (Å²) in [5.74, 6) is -2.23. The minimum atomic E-state index is -1.27. The van der Waals surface area contributed by atoms with Gasteiger partial charge in [0.2, 0.25) is 5.91 Å². The molecule has 0 spiro atoms. The van der Waals surface area contributed by atoms with Crippen molar-refractivity contribution in [3.63, 3.8) is 0 Å². The van der Waals surface area contributed by atoms with Crippen LogP contribution < -0.4 is 4.90 Å². The van der Waals surface area contributed by atoms with Gasteiger partial charge in [-0.1, -0.05) is 0 Å². The highest BCUT2D eigenvalue weighted by Crippen LogP contribution is 2.20. The maximum Gasteiger partial charge on any atom is 0.337 e. The highest BCUT2D eigenvalue weighted by atomic mass is 19.1. The molecule has 1 amide bonds. The second-order valence-corrected chi connectivity index (χ2v) is 3.04. The highest BCUT2D eigenvalue weighted by Gasteiger charge is 2.16. The van der Waals surface area contributed by atoms with Gasteiger partial charge in [0.05, 0.1) is 11.3 Å². The van der Waals surface area contributed by atoms with Gasteiger partial charge in [-0.3, -0.25) is 4.79 Å². The number of nitrogens with zero attached hydrogens (tertiary/aromatic N) is 1. The lowest BCUT2D eigenvalue weighted by Crippen LogP contribution is -2.25. The Bertz CT molecular complexity index is 417. The van der Waals surface area contributed by atoms with Crippen molar-refractivity contribution in [3.8, 4) is 0 Å². The smallest absolute Gasteiger partial charge is 0.337 e. The second-order valence-electron chi connectivity index (χ2n) is 3.04. The van der Waals surface area contributed by atoms with Crippen LogP contribution in [0.1, 0.15) is 17.3 Å². The van der Waals surface area contributed by atoms with Crippen molar-refractivity contribution in [3.05, 3.63) is 29.6 Å². The fourth-order valence-electron chi connectivity index (χ4n) is 1.14. The van der Waals surface area contributed by atoms with Gasteiger partial charge in [0.25, 0.3) is 0 Å². The zero-order chi connectivity index (χ0) is 11.6. The standard InChI is InChI=1S/C10H10FNO3/c1-6(13)12(2)9-4-3-7(11)5-8(9)10(14)15/h3-5H,1-2H3,(H,14,15). The fourth-order valence-corrected chi connectivity index (χ4v) is 1.14. The number of carboxylic acids is 1. The van der Waals surface area contributed by atoms with Gasteiger partial charge in [-0.05, 0) is 18.2 Å². The summed E-state index contributed by atoms with van der Waals surface area (Å²) in [5.41, 5.74) is -0.0518. The molecule has 0 atom stereocenters. The molecule has 1 N–H and O–H groups in total. The van der Waals surface area contributed by atoms with Crippen molar-refractivity contribution in [1.29, 1.82) is 0 Å². The Morgan fingerprint density at radius 1 is 1.40 bits per heavy atom. The molecule has 0 unspecified atom stereocenters. The number of amides is 1. The number of carbonyl (C=O) groups excluding carboxylic acids is 1. The van der Waals surface area contributed by atoms with Gasteiger partial charge in [-0.2, -0.15) is 0 Å². The van der Waals surface area contributed by atoms with E-state index in [-0.39, 0.29) is 17.2 Å². The van der Waals surface area contributed by atoms with Gasteiger partial charge in [0.15, 0.2) is 0 Å². The molecule has 0 radical (unpaired) electrons. The molecule has 0 aliphatic carbocycles. The van der Waals surface area contributed by atoms with E-state index in [1.54, 1.807) is 0 Å². The van der Waals surface area contributed by atoms with E-state index in [9.17, 15) is 14.0 Å². The Morgan fingerprint density at radius 3 is 2.47 bits per heavy atom. The zero-order valence-electron chi connectivity index (χ0n) is 8.32. The Labute approximate surface area is 85.9 Å². The Hall–Kier alpha value is -1.91. The third kappa shape index (κ3) is 2.31.